The molecule has 0 fully saturated rings. The first kappa shape index (κ1) is 23.5. The average molecular weight is 481 g/mol. The maximum absolute atomic E-state index is 13.2. The van der Waals surface area contributed by atoms with Gasteiger partial charge in [0.1, 0.15) is 10.6 Å². The molecule has 1 N–H and O–H groups in total. The Morgan fingerprint density at radius 1 is 1.12 bits per heavy atom. The number of aryl methyl sites for hydroxylation is 1. The van der Waals surface area contributed by atoms with Gasteiger partial charge in [-0.2, -0.15) is 0 Å². The Balaban J connectivity index is 1.53. The van der Waals surface area contributed by atoms with Gasteiger partial charge < -0.3 is 9.73 Å². The van der Waals surface area contributed by atoms with Gasteiger partial charge in [-0.25, -0.2) is 0 Å². The van der Waals surface area contributed by atoms with Gasteiger partial charge in [0, 0.05) is 35.8 Å². The number of furan rings is 1. The van der Waals surface area contributed by atoms with E-state index in [9.17, 15) is 4.79 Å². The van der Waals surface area contributed by atoms with E-state index in [4.69, 9.17) is 4.42 Å². The zero-order valence-corrected chi connectivity index (χ0v) is 20.9. The van der Waals surface area contributed by atoms with Crippen molar-refractivity contribution in [1.82, 2.24) is 20.4 Å². The molecule has 6 nitrogen and oxygen atoms in total. The highest BCUT2D eigenvalue weighted by Gasteiger charge is 2.21. The molecule has 0 radical (unpaired) electrons. The van der Waals surface area contributed by atoms with Crippen LogP contribution in [-0.2, 0) is 18.8 Å². The molecule has 0 aliphatic heterocycles. The van der Waals surface area contributed by atoms with E-state index < -0.39 is 0 Å². The van der Waals surface area contributed by atoms with Crippen LogP contribution in [0.3, 0.4) is 0 Å². The second kappa shape index (κ2) is 10.5. The van der Waals surface area contributed by atoms with Crippen molar-refractivity contribution in [2.45, 2.75) is 50.0 Å². The summed E-state index contributed by atoms with van der Waals surface area (Å²) in [5, 5.41) is 13.2. The van der Waals surface area contributed by atoms with Crippen LogP contribution in [0.2, 0.25) is 0 Å². The van der Waals surface area contributed by atoms with E-state index in [-0.39, 0.29) is 5.91 Å². The molecular weight excluding hydrogens is 452 g/mol. The van der Waals surface area contributed by atoms with E-state index in [0.29, 0.717) is 29.7 Å². The number of hydrogen-bond donors (Lipinski definition) is 1. The van der Waals surface area contributed by atoms with Gasteiger partial charge in [-0.15, -0.1) is 10.2 Å². The molecular formula is C25H28N4O2S2. The van der Waals surface area contributed by atoms with E-state index in [1.807, 2.05) is 43.3 Å². The zero-order valence-electron chi connectivity index (χ0n) is 19.3. The Bertz CT molecular complexity index is 1250. The molecule has 2 heterocycles. The Hall–Kier alpha value is -2.68. The highest BCUT2D eigenvalue weighted by molar-refractivity contribution is 8.00. The SMILES string of the molecule is Cc1nnc(SCc2c(C(=O)NCc3ccccc3CN(C)C(C)C)oc3ccccc23)s1. The maximum atomic E-state index is 13.2. The van der Waals surface area contributed by atoms with Crippen LogP contribution >= 0.6 is 23.1 Å². The van der Waals surface area contributed by atoms with Crippen molar-refractivity contribution < 1.29 is 9.21 Å². The fourth-order valence-electron chi connectivity index (χ4n) is 3.49. The molecule has 0 bridgehead atoms. The molecule has 4 aromatic rings. The standard InChI is InChI=1S/C25H28N4O2S2/c1-16(2)29(4)14-19-10-6-5-9-18(19)13-26-24(30)23-21(15-32-25-28-27-17(3)33-25)20-11-7-8-12-22(20)31-23/h5-12,16H,13-15H2,1-4H3,(H,26,30). The summed E-state index contributed by atoms with van der Waals surface area (Å²) in [5.41, 5.74) is 3.91. The van der Waals surface area contributed by atoms with Crippen molar-refractivity contribution in [3.8, 4) is 0 Å². The minimum absolute atomic E-state index is 0.206. The summed E-state index contributed by atoms with van der Waals surface area (Å²) >= 11 is 3.12. The highest BCUT2D eigenvalue weighted by Crippen LogP contribution is 2.33. The molecule has 0 atom stereocenters. The number of carbonyl (C=O) groups is 1. The van der Waals surface area contributed by atoms with E-state index in [1.54, 1.807) is 23.1 Å². The van der Waals surface area contributed by atoms with Gasteiger partial charge in [-0.05, 0) is 45.0 Å². The normalized spacial score (nSPS) is 11.6. The summed E-state index contributed by atoms with van der Waals surface area (Å²) in [6, 6.07) is 16.4. The van der Waals surface area contributed by atoms with E-state index in [0.717, 1.165) is 32.4 Å². The third-order valence-electron chi connectivity index (χ3n) is 5.61. The number of para-hydroxylation sites is 1. The monoisotopic (exact) mass is 480 g/mol. The minimum Gasteiger partial charge on any atom is -0.451 e. The number of thioether (sulfide) groups is 1. The molecule has 0 aliphatic carbocycles. The van der Waals surface area contributed by atoms with Crippen molar-refractivity contribution >= 4 is 40.0 Å². The predicted molar refractivity (Wildman–Crippen MR) is 135 cm³/mol. The van der Waals surface area contributed by atoms with Gasteiger partial charge in [-0.3, -0.25) is 9.69 Å². The molecule has 0 saturated carbocycles. The number of benzene rings is 2. The second-order valence-corrected chi connectivity index (χ2v) is 10.6. The van der Waals surface area contributed by atoms with Gasteiger partial charge in [-0.1, -0.05) is 65.6 Å². The van der Waals surface area contributed by atoms with E-state index in [2.05, 4.69) is 53.4 Å². The van der Waals surface area contributed by atoms with Crippen molar-refractivity contribution in [3.63, 3.8) is 0 Å². The van der Waals surface area contributed by atoms with E-state index in [1.165, 1.54) is 5.56 Å². The Kier molecular flexibility index (Phi) is 7.47. The Morgan fingerprint density at radius 2 is 1.85 bits per heavy atom. The number of aromatic nitrogens is 2. The lowest BCUT2D eigenvalue weighted by Crippen LogP contribution is -2.27. The molecule has 0 unspecified atom stereocenters. The quantitative estimate of drug-likeness (QED) is 0.312. The first-order valence-electron chi connectivity index (χ1n) is 10.9. The lowest BCUT2D eigenvalue weighted by atomic mass is 10.1. The molecule has 2 aromatic heterocycles. The fraction of sp³-hybridized carbons (Fsp3) is 0.320. The van der Waals surface area contributed by atoms with Gasteiger partial charge in [0.25, 0.3) is 5.91 Å². The van der Waals surface area contributed by atoms with Gasteiger partial charge >= 0.3 is 0 Å². The van der Waals surface area contributed by atoms with Crippen LogP contribution in [0.1, 0.15) is 46.1 Å². The number of rotatable bonds is 9. The van der Waals surface area contributed by atoms with Crippen LogP contribution in [0.4, 0.5) is 0 Å². The Labute approximate surface area is 202 Å². The number of nitrogens with one attached hydrogen (secondary N) is 1. The molecule has 2 aromatic carbocycles. The smallest absolute Gasteiger partial charge is 0.287 e. The van der Waals surface area contributed by atoms with Crippen molar-refractivity contribution in [3.05, 3.63) is 76.0 Å². The van der Waals surface area contributed by atoms with Crippen LogP contribution in [0.25, 0.3) is 11.0 Å². The molecule has 0 saturated heterocycles. The van der Waals surface area contributed by atoms with Crippen molar-refractivity contribution in [2.24, 2.45) is 0 Å². The van der Waals surface area contributed by atoms with Crippen LogP contribution < -0.4 is 5.32 Å². The molecule has 0 spiro atoms. The summed E-state index contributed by atoms with van der Waals surface area (Å²) < 4.78 is 6.88. The highest BCUT2D eigenvalue weighted by atomic mass is 32.2. The molecule has 4 rings (SSSR count). The summed E-state index contributed by atoms with van der Waals surface area (Å²) in [5.74, 6) is 0.744. The predicted octanol–water partition coefficient (Wildman–Crippen LogP) is 5.66. The van der Waals surface area contributed by atoms with Crippen molar-refractivity contribution in [1.29, 1.82) is 0 Å². The number of amides is 1. The van der Waals surface area contributed by atoms with Crippen LogP contribution in [0.5, 0.6) is 0 Å². The first-order valence-corrected chi connectivity index (χ1v) is 12.7. The van der Waals surface area contributed by atoms with Crippen LogP contribution in [0, 0.1) is 6.92 Å². The molecule has 8 heteroatoms. The van der Waals surface area contributed by atoms with E-state index >= 15 is 0 Å². The van der Waals surface area contributed by atoms with Gasteiger partial charge in [0.2, 0.25) is 0 Å². The van der Waals surface area contributed by atoms with Gasteiger partial charge in [0.05, 0.1) is 0 Å². The zero-order chi connectivity index (χ0) is 23.4. The van der Waals surface area contributed by atoms with Crippen LogP contribution in [0.15, 0.2) is 57.3 Å². The van der Waals surface area contributed by atoms with Crippen molar-refractivity contribution in [2.75, 3.05) is 7.05 Å². The second-order valence-electron chi connectivity index (χ2n) is 8.24. The molecule has 1 amide bonds. The summed E-state index contributed by atoms with van der Waals surface area (Å²) in [4.78, 5) is 15.5. The third kappa shape index (κ3) is 5.63. The van der Waals surface area contributed by atoms with Crippen LogP contribution in [-0.4, -0.2) is 34.1 Å². The number of fused-ring (bicyclic) bond motifs is 1. The number of carbonyl (C=O) groups excluding carboxylic acids is 1. The summed E-state index contributed by atoms with van der Waals surface area (Å²) in [6.45, 7) is 7.56. The van der Waals surface area contributed by atoms with Gasteiger partial charge in [0.15, 0.2) is 10.1 Å². The number of hydrogen-bond acceptors (Lipinski definition) is 7. The Morgan fingerprint density at radius 3 is 2.58 bits per heavy atom. The average Bonchev–Trinajstić information content (AvgIpc) is 3.39. The first-order chi connectivity index (χ1) is 15.9. The molecule has 172 valence electrons. The molecule has 33 heavy (non-hydrogen) atoms. The lowest BCUT2D eigenvalue weighted by molar-refractivity contribution is 0.0924. The lowest BCUT2D eigenvalue weighted by Gasteiger charge is -2.22. The number of nitrogens with zero attached hydrogens (tertiary/aromatic N) is 3. The summed E-state index contributed by atoms with van der Waals surface area (Å²) in [7, 11) is 2.11. The maximum Gasteiger partial charge on any atom is 0.287 e. The fourth-order valence-corrected chi connectivity index (χ4v) is 5.33. The largest absolute Gasteiger partial charge is 0.451 e. The minimum atomic E-state index is -0.206. The summed E-state index contributed by atoms with van der Waals surface area (Å²) in [6.07, 6.45) is 0. The molecule has 0 aliphatic rings. The topological polar surface area (TPSA) is 71.3 Å². The third-order valence-corrected chi connectivity index (χ3v) is 7.61.